The van der Waals surface area contributed by atoms with E-state index in [0.29, 0.717) is 11.0 Å². The third-order valence-electron chi connectivity index (χ3n) is 3.82. The van der Waals surface area contributed by atoms with Crippen molar-refractivity contribution in [3.63, 3.8) is 0 Å². The average Bonchev–Trinajstić information content (AvgIpc) is 2.97. The fourth-order valence-electron chi connectivity index (χ4n) is 2.66. The first-order chi connectivity index (χ1) is 12.2. The van der Waals surface area contributed by atoms with E-state index < -0.39 is 5.92 Å². The van der Waals surface area contributed by atoms with Crippen molar-refractivity contribution in [3.05, 3.63) is 77.6 Å². The van der Waals surface area contributed by atoms with Gasteiger partial charge >= 0.3 is 0 Å². The van der Waals surface area contributed by atoms with Crippen molar-refractivity contribution in [2.24, 2.45) is 0 Å². The molecular formula is C19H20N4OS. The molecule has 2 aromatic carbocycles. The number of aryl methyl sites for hydroxylation is 1. The van der Waals surface area contributed by atoms with E-state index in [0.717, 1.165) is 16.9 Å². The van der Waals surface area contributed by atoms with E-state index in [-0.39, 0.29) is 5.91 Å². The van der Waals surface area contributed by atoms with Crippen molar-refractivity contribution in [2.45, 2.75) is 24.9 Å². The smallest absolute Gasteiger partial charge is 0.250 e. The second-order valence-electron chi connectivity index (χ2n) is 5.53. The third kappa shape index (κ3) is 3.91. The SMILES string of the molecule is CCSc1nnc(C)n1NC(=O)C(c1ccccc1)c1ccccc1. The average molecular weight is 352 g/mol. The number of thioether (sulfide) groups is 1. The minimum Gasteiger partial charge on any atom is -0.272 e. The van der Waals surface area contributed by atoms with Crippen LogP contribution in [0.5, 0.6) is 0 Å². The second-order valence-corrected chi connectivity index (χ2v) is 6.76. The quantitative estimate of drug-likeness (QED) is 0.689. The predicted molar refractivity (Wildman–Crippen MR) is 100 cm³/mol. The summed E-state index contributed by atoms with van der Waals surface area (Å²) in [4.78, 5) is 13.1. The van der Waals surface area contributed by atoms with Crippen molar-refractivity contribution < 1.29 is 4.79 Å². The molecule has 0 spiro atoms. The lowest BCUT2D eigenvalue weighted by molar-refractivity contribution is -0.117. The Kier molecular flexibility index (Phi) is 5.50. The van der Waals surface area contributed by atoms with Crippen LogP contribution in [0.1, 0.15) is 29.8 Å². The highest BCUT2D eigenvalue weighted by molar-refractivity contribution is 7.99. The van der Waals surface area contributed by atoms with Crippen LogP contribution in [0.2, 0.25) is 0 Å². The first-order valence-corrected chi connectivity index (χ1v) is 9.15. The zero-order valence-corrected chi connectivity index (χ0v) is 15.0. The number of nitrogens with zero attached hydrogens (tertiary/aromatic N) is 3. The first kappa shape index (κ1) is 17.2. The van der Waals surface area contributed by atoms with Crippen molar-refractivity contribution >= 4 is 17.7 Å². The lowest BCUT2D eigenvalue weighted by Gasteiger charge is -2.19. The molecule has 3 rings (SSSR count). The molecule has 0 aliphatic heterocycles. The Morgan fingerprint density at radius 1 is 1.04 bits per heavy atom. The molecular weight excluding hydrogens is 332 g/mol. The van der Waals surface area contributed by atoms with Crippen molar-refractivity contribution in [3.8, 4) is 0 Å². The number of hydrogen-bond acceptors (Lipinski definition) is 4. The van der Waals surface area contributed by atoms with Gasteiger partial charge in [-0.15, -0.1) is 10.2 Å². The lowest BCUT2D eigenvalue weighted by atomic mass is 9.91. The minimum absolute atomic E-state index is 0.113. The van der Waals surface area contributed by atoms with Crippen molar-refractivity contribution in [2.75, 3.05) is 11.2 Å². The monoisotopic (exact) mass is 352 g/mol. The van der Waals surface area contributed by atoms with Crippen LogP contribution in [0.4, 0.5) is 0 Å². The zero-order valence-electron chi connectivity index (χ0n) is 14.2. The molecule has 0 atom stereocenters. The molecule has 0 radical (unpaired) electrons. The summed E-state index contributed by atoms with van der Waals surface area (Å²) in [5, 5.41) is 8.88. The highest BCUT2D eigenvalue weighted by Gasteiger charge is 2.24. The van der Waals surface area contributed by atoms with Crippen LogP contribution in [-0.2, 0) is 4.79 Å². The van der Waals surface area contributed by atoms with E-state index in [9.17, 15) is 4.79 Å². The fourth-order valence-corrected chi connectivity index (χ4v) is 3.32. The molecule has 0 aliphatic carbocycles. The number of rotatable bonds is 6. The molecule has 1 amide bonds. The summed E-state index contributed by atoms with van der Waals surface area (Å²) in [5.41, 5.74) is 4.86. The number of aromatic nitrogens is 3. The Labute approximate surface area is 151 Å². The maximum absolute atomic E-state index is 13.1. The molecule has 5 nitrogen and oxygen atoms in total. The van der Waals surface area contributed by atoms with Gasteiger partial charge < -0.3 is 0 Å². The van der Waals surface area contributed by atoms with E-state index in [1.165, 1.54) is 0 Å². The van der Waals surface area contributed by atoms with E-state index in [1.807, 2.05) is 74.5 Å². The van der Waals surface area contributed by atoms with Gasteiger partial charge in [0.15, 0.2) is 0 Å². The van der Waals surface area contributed by atoms with Gasteiger partial charge in [0.1, 0.15) is 5.82 Å². The number of amides is 1. The molecule has 3 aromatic rings. The van der Waals surface area contributed by atoms with Gasteiger partial charge in [-0.2, -0.15) is 0 Å². The maximum atomic E-state index is 13.1. The number of benzene rings is 2. The minimum atomic E-state index is -0.399. The van der Waals surface area contributed by atoms with Crippen LogP contribution in [0, 0.1) is 6.92 Å². The van der Waals surface area contributed by atoms with Crippen molar-refractivity contribution in [1.29, 1.82) is 0 Å². The topological polar surface area (TPSA) is 59.8 Å². The fraction of sp³-hybridized carbons (Fsp3) is 0.211. The van der Waals surface area contributed by atoms with Crippen LogP contribution >= 0.6 is 11.8 Å². The Morgan fingerprint density at radius 3 is 2.12 bits per heavy atom. The van der Waals surface area contributed by atoms with Gasteiger partial charge in [-0.05, 0) is 23.8 Å². The normalized spacial score (nSPS) is 10.8. The Hall–Kier alpha value is -2.60. The summed E-state index contributed by atoms with van der Waals surface area (Å²) in [6.07, 6.45) is 0. The highest BCUT2D eigenvalue weighted by atomic mass is 32.2. The summed E-state index contributed by atoms with van der Waals surface area (Å²) in [6.45, 7) is 3.87. The van der Waals surface area contributed by atoms with E-state index in [4.69, 9.17) is 0 Å². The molecule has 0 saturated carbocycles. The van der Waals surface area contributed by atoms with Gasteiger partial charge in [-0.25, -0.2) is 4.68 Å². The zero-order chi connectivity index (χ0) is 17.6. The van der Waals surface area contributed by atoms with Crippen LogP contribution in [0.15, 0.2) is 65.8 Å². The molecule has 1 aromatic heterocycles. The molecule has 0 bridgehead atoms. The lowest BCUT2D eigenvalue weighted by Crippen LogP contribution is -2.30. The summed E-state index contributed by atoms with van der Waals surface area (Å²) in [6, 6.07) is 19.6. The predicted octanol–water partition coefficient (Wildman–Crippen LogP) is 3.60. The largest absolute Gasteiger partial charge is 0.272 e. The van der Waals surface area contributed by atoms with Gasteiger partial charge in [0, 0.05) is 0 Å². The van der Waals surface area contributed by atoms with Gasteiger partial charge in [0.05, 0.1) is 5.92 Å². The van der Waals surface area contributed by atoms with E-state index in [1.54, 1.807) is 16.4 Å². The van der Waals surface area contributed by atoms with Gasteiger partial charge in [0.2, 0.25) is 5.16 Å². The van der Waals surface area contributed by atoms with Gasteiger partial charge in [0.25, 0.3) is 5.91 Å². The molecule has 1 heterocycles. The molecule has 1 N–H and O–H groups in total. The maximum Gasteiger partial charge on any atom is 0.250 e. The molecule has 25 heavy (non-hydrogen) atoms. The molecule has 0 unspecified atom stereocenters. The second kappa shape index (κ2) is 7.98. The molecule has 6 heteroatoms. The number of carbonyl (C=O) groups excluding carboxylic acids is 1. The molecule has 0 aliphatic rings. The van der Waals surface area contributed by atoms with Gasteiger partial charge in [-0.1, -0.05) is 79.3 Å². The summed E-state index contributed by atoms with van der Waals surface area (Å²) in [7, 11) is 0. The first-order valence-electron chi connectivity index (χ1n) is 8.16. The van der Waals surface area contributed by atoms with E-state index in [2.05, 4.69) is 15.6 Å². The van der Waals surface area contributed by atoms with E-state index >= 15 is 0 Å². The number of carbonyl (C=O) groups is 1. The summed E-state index contributed by atoms with van der Waals surface area (Å²) in [5.74, 6) is 1.00. The molecule has 0 fully saturated rings. The standard InChI is InChI=1S/C19H20N4OS/c1-3-25-19-21-20-14(2)23(19)22-18(24)17(15-10-6-4-7-11-15)16-12-8-5-9-13-16/h4-13,17H,3H2,1-2H3,(H,22,24). The number of nitrogens with one attached hydrogen (secondary N) is 1. The third-order valence-corrected chi connectivity index (χ3v) is 4.63. The van der Waals surface area contributed by atoms with Gasteiger partial charge in [-0.3, -0.25) is 10.2 Å². The van der Waals surface area contributed by atoms with Crippen LogP contribution in [0.3, 0.4) is 0 Å². The van der Waals surface area contributed by atoms with Crippen LogP contribution in [-0.4, -0.2) is 26.5 Å². The Balaban J connectivity index is 1.95. The summed E-state index contributed by atoms with van der Waals surface area (Å²) < 4.78 is 1.66. The summed E-state index contributed by atoms with van der Waals surface area (Å²) >= 11 is 1.54. The molecule has 128 valence electrons. The van der Waals surface area contributed by atoms with Crippen LogP contribution < -0.4 is 5.43 Å². The van der Waals surface area contributed by atoms with Crippen molar-refractivity contribution in [1.82, 2.24) is 14.9 Å². The van der Waals surface area contributed by atoms with Crippen LogP contribution in [0.25, 0.3) is 0 Å². The Morgan fingerprint density at radius 2 is 1.60 bits per heavy atom. The highest BCUT2D eigenvalue weighted by Crippen LogP contribution is 2.25. The Bertz CT molecular complexity index is 794. The molecule has 0 saturated heterocycles. The number of hydrogen-bond donors (Lipinski definition) is 1.